The fourth-order valence-electron chi connectivity index (χ4n) is 2.15. The lowest BCUT2D eigenvalue weighted by Gasteiger charge is -2.14. The van der Waals surface area contributed by atoms with Crippen LogP contribution in [0, 0.1) is 5.92 Å². The summed E-state index contributed by atoms with van der Waals surface area (Å²) in [6, 6.07) is 9.34. The van der Waals surface area contributed by atoms with Gasteiger partial charge in [0.15, 0.2) is 0 Å². The normalized spacial score (nSPS) is 11.7. The molecule has 2 rings (SSSR count). The average Bonchev–Trinajstić information content (AvgIpc) is 3.04. The highest BCUT2D eigenvalue weighted by molar-refractivity contribution is 5.73. The van der Waals surface area contributed by atoms with E-state index >= 15 is 0 Å². The first-order valence-electron chi connectivity index (χ1n) is 7.30. The summed E-state index contributed by atoms with van der Waals surface area (Å²) in [4.78, 5) is 11.8. The van der Waals surface area contributed by atoms with Crippen LogP contribution in [0.25, 0.3) is 0 Å². The van der Waals surface area contributed by atoms with Gasteiger partial charge < -0.3 is 15.4 Å². The van der Waals surface area contributed by atoms with E-state index in [-0.39, 0.29) is 6.03 Å². The van der Waals surface area contributed by atoms with Gasteiger partial charge in [0.2, 0.25) is 0 Å². The molecule has 0 bridgehead atoms. The molecule has 0 aliphatic rings. The zero-order valence-electron chi connectivity index (χ0n) is 13.0. The second-order valence-corrected chi connectivity index (χ2v) is 5.21. The van der Waals surface area contributed by atoms with Gasteiger partial charge in [0, 0.05) is 37.6 Å². The van der Waals surface area contributed by atoms with Crippen LogP contribution in [-0.4, -0.2) is 29.5 Å². The molecule has 22 heavy (non-hydrogen) atoms. The molecule has 0 spiro atoms. The number of rotatable bonds is 7. The number of benzene rings is 1. The molecule has 0 saturated carbocycles. The van der Waals surface area contributed by atoms with E-state index < -0.39 is 0 Å². The first-order valence-corrected chi connectivity index (χ1v) is 7.30. The molecule has 1 atom stereocenters. The lowest BCUT2D eigenvalue weighted by Crippen LogP contribution is -2.38. The number of methoxy groups -OCH3 is 1. The number of para-hydroxylation sites is 1. The molecule has 1 aromatic carbocycles. The highest BCUT2D eigenvalue weighted by Crippen LogP contribution is 2.16. The lowest BCUT2D eigenvalue weighted by molar-refractivity contribution is 0.238. The van der Waals surface area contributed by atoms with Crippen LogP contribution in [-0.2, 0) is 13.1 Å². The number of ether oxygens (including phenoxy) is 1. The Bertz CT molecular complexity index is 584. The van der Waals surface area contributed by atoms with E-state index in [1.165, 1.54) is 0 Å². The summed E-state index contributed by atoms with van der Waals surface area (Å²) in [5.41, 5.74) is 0.949. The molecule has 0 aliphatic heterocycles. The van der Waals surface area contributed by atoms with Crippen LogP contribution in [0.2, 0.25) is 0 Å². The third-order valence-electron chi connectivity index (χ3n) is 3.30. The van der Waals surface area contributed by atoms with Crippen LogP contribution in [0.4, 0.5) is 4.79 Å². The number of aromatic nitrogens is 2. The van der Waals surface area contributed by atoms with E-state index in [4.69, 9.17) is 4.74 Å². The van der Waals surface area contributed by atoms with E-state index in [0.29, 0.717) is 19.0 Å². The van der Waals surface area contributed by atoms with Crippen molar-refractivity contribution >= 4 is 6.03 Å². The largest absolute Gasteiger partial charge is 0.496 e. The molecule has 0 saturated heterocycles. The highest BCUT2D eigenvalue weighted by atomic mass is 16.5. The van der Waals surface area contributed by atoms with Crippen molar-refractivity contribution in [3.8, 4) is 5.75 Å². The summed E-state index contributed by atoms with van der Waals surface area (Å²) in [7, 11) is 1.62. The molecule has 0 radical (unpaired) electrons. The molecule has 6 nitrogen and oxygen atoms in total. The SMILES string of the molecule is COc1ccccc1CNC(=O)NCC(C)Cn1cccn1. The predicted molar refractivity (Wildman–Crippen MR) is 84.6 cm³/mol. The molecule has 2 amide bonds. The number of hydrogen-bond donors (Lipinski definition) is 2. The number of nitrogens with one attached hydrogen (secondary N) is 2. The van der Waals surface area contributed by atoms with Crippen molar-refractivity contribution in [2.45, 2.75) is 20.0 Å². The maximum Gasteiger partial charge on any atom is 0.315 e. The summed E-state index contributed by atoms with van der Waals surface area (Å²) >= 11 is 0. The first kappa shape index (κ1) is 15.9. The second kappa shape index (κ2) is 8.07. The first-order chi connectivity index (χ1) is 10.7. The minimum Gasteiger partial charge on any atom is -0.496 e. The minimum absolute atomic E-state index is 0.182. The van der Waals surface area contributed by atoms with Crippen molar-refractivity contribution in [3.63, 3.8) is 0 Å². The van der Waals surface area contributed by atoms with E-state index in [0.717, 1.165) is 17.9 Å². The zero-order chi connectivity index (χ0) is 15.8. The van der Waals surface area contributed by atoms with Gasteiger partial charge >= 0.3 is 6.03 Å². The van der Waals surface area contributed by atoms with Crippen molar-refractivity contribution in [2.24, 2.45) is 5.92 Å². The molecular weight excluding hydrogens is 280 g/mol. The van der Waals surface area contributed by atoms with Crippen molar-refractivity contribution in [2.75, 3.05) is 13.7 Å². The average molecular weight is 302 g/mol. The Hall–Kier alpha value is -2.50. The maximum atomic E-state index is 11.8. The Labute approximate surface area is 130 Å². The lowest BCUT2D eigenvalue weighted by atomic mass is 10.2. The summed E-state index contributed by atoms with van der Waals surface area (Å²) in [6.07, 6.45) is 3.67. The van der Waals surface area contributed by atoms with E-state index in [1.807, 2.05) is 41.2 Å². The monoisotopic (exact) mass is 302 g/mol. The van der Waals surface area contributed by atoms with E-state index in [2.05, 4.69) is 22.7 Å². The number of carbonyl (C=O) groups excluding carboxylic acids is 1. The Morgan fingerprint density at radius 1 is 1.32 bits per heavy atom. The number of hydrogen-bond acceptors (Lipinski definition) is 3. The molecule has 0 aliphatic carbocycles. The van der Waals surface area contributed by atoms with Crippen LogP contribution in [0.5, 0.6) is 5.75 Å². The topological polar surface area (TPSA) is 68.2 Å². The molecule has 0 fully saturated rings. The minimum atomic E-state index is -0.182. The van der Waals surface area contributed by atoms with Crippen LogP contribution < -0.4 is 15.4 Å². The van der Waals surface area contributed by atoms with Gasteiger partial charge in [-0.2, -0.15) is 5.10 Å². The molecule has 2 aromatic rings. The van der Waals surface area contributed by atoms with Crippen molar-refractivity contribution in [3.05, 3.63) is 48.3 Å². The fourth-order valence-corrected chi connectivity index (χ4v) is 2.15. The van der Waals surface area contributed by atoms with Crippen molar-refractivity contribution in [1.82, 2.24) is 20.4 Å². The van der Waals surface area contributed by atoms with Crippen molar-refractivity contribution in [1.29, 1.82) is 0 Å². The number of carbonyl (C=O) groups is 1. The molecule has 2 N–H and O–H groups in total. The molecule has 6 heteroatoms. The van der Waals surface area contributed by atoms with Gasteiger partial charge in [-0.1, -0.05) is 25.1 Å². The van der Waals surface area contributed by atoms with Crippen LogP contribution in [0.1, 0.15) is 12.5 Å². The van der Waals surface area contributed by atoms with Gasteiger partial charge in [0.05, 0.1) is 7.11 Å². The number of urea groups is 1. The van der Waals surface area contributed by atoms with Crippen molar-refractivity contribution < 1.29 is 9.53 Å². The second-order valence-electron chi connectivity index (χ2n) is 5.21. The quantitative estimate of drug-likeness (QED) is 0.822. The Morgan fingerprint density at radius 2 is 2.14 bits per heavy atom. The van der Waals surface area contributed by atoms with Crippen LogP contribution in [0.15, 0.2) is 42.7 Å². The van der Waals surface area contributed by atoms with E-state index in [9.17, 15) is 4.79 Å². The fraction of sp³-hybridized carbons (Fsp3) is 0.375. The summed E-state index contributed by atoms with van der Waals surface area (Å²) in [6.45, 7) is 3.88. The summed E-state index contributed by atoms with van der Waals surface area (Å²) in [5.74, 6) is 1.08. The molecule has 118 valence electrons. The van der Waals surface area contributed by atoms with Crippen LogP contribution >= 0.6 is 0 Å². The number of nitrogens with zero attached hydrogens (tertiary/aromatic N) is 2. The third-order valence-corrected chi connectivity index (χ3v) is 3.30. The predicted octanol–water partition coefficient (Wildman–Crippen LogP) is 2.03. The molecular formula is C16H22N4O2. The van der Waals surface area contributed by atoms with Crippen LogP contribution in [0.3, 0.4) is 0 Å². The molecule has 1 heterocycles. The third kappa shape index (κ3) is 4.80. The van der Waals surface area contributed by atoms with Gasteiger partial charge in [-0.25, -0.2) is 4.79 Å². The van der Waals surface area contributed by atoms with Gasteiger partial charge in [-0.3, -0.25) is 4.68 Å². The highest BCUT2D eigenvalue weighted by Gasteiger charge is 2.07. The Kier molecular flexibility index (Phi) is 5.82. The van der Waals surface area contributed by atoms with E-state index in [1.54, 1.807) is 13.3 Å². The molecule has 1 aromatic heterocycles. The Balaban J connectivity index is 1.71. The summed E-state index contributed by atoms with van der Waals surface area (Å²) in [5, 5.41) is 9.86. The van der Waals surface area contributed by atoms with Gasteiger partial charge in [0.25, 0.3) is 0 Å². The van der Waals surface area contributed by atoms with Gasteiger partial charge in [-0.15, -0.1) is 0 Å². The smallest absolute Gasteiger partial charge is 0.315 e. The number of amides is 2. The summed E-state index contributed by atoms with van der Waals surface area (Å²) < 4.78 is 7.11. The van der Waals surface area contributed by atoms with Gasteiger partial charge in [0.1, 0.15) is 5.75 Å². The molecule has 1 unspecified atom stereocenters. The van der Waals surface area contributed by atoms with Gasteiger partial charge in [-0.05, 0) is 18.1 Å². The Morgan fingerprint density at radius 3 is 2.86 bits per heavy atom. The zero-order valence-corrected chi connectivity index (χ0v) is 13.0. The standard InChI is InChI=1S/C16H22N4O2/c1-13(12-20-9-5-8-19-20)10-17-16(21)18-11-14-6-3-4-7-15(14)22-2/h3-9,13H,10-12H2,1-2H3,(H2,17,18,21). The maximum absolute atomic E-state index is 11.8.